The molecular formula is C15H26N2O4. The molecule has 0 saturated carbocycles. The molecule has 2 fully saturated rings. The smallest absolute Gasteiger partial charge is 0.320 e. The summed E-state index contributed by atoms with van der Waals surface area (Å²) in [5.41, 5.74) is 0. The largest absolute Gasteiger partial charge is 0.481 e. The van der Waals surface area contributed by atoms with Crippen molar-refractivity contribution >= 4 is 12.0 Å². The fraction of sp³-hybridized carbons (Fsp3) is 0.867. The van der Waals surface area contributed by atoms with E-state index in [1.54, 1.807) is 4.90 Å². The SMILES string of the molecule is O=C(O)CCC1CCCCN1C(=O)N1CCCCC1CO. The van der Waals surface area contributed by atoms with Crippen LogP contribution in [0.15, 0.2) is 0 Å². The van der Waals surface area contributed by atoms with Crippen molar-refractivity contribution in [2.45, 2.75) is 63.5 Å². The normalized spacial score (nSPS) is 26.7. The first kappa shape index (κ1) is 16.1. The van der Waals surface area contributed by atoms with Crippen molar-refractivity contribution in [1.82, 2.24) is 9.80 Å². The van der Waals surface area contributed by atoms with Gasteiger partial charge < -0.3 is 20.0 Å². The molecule has 2 aliphatic rings. The lowest BCUT2D eigenvalue weighted by Gasteiger charge is -2.43. The van der Waals surface area contributed by atoms with Crippen LogP contribution in [0.1, 0.15) is 51.4 Å². The van der Waals surface area contributed by atoms with Crippen molar-refractivity contribution in [1.29, 1.82) is 0 Å². The van der Waals surface area contributed by atoms with Gasteiger partial charge in [-0.2, -0.15) is 0 Å². The number of hydrogen-bond donors (Lipinski definition) is 2. The monoisotopic (exact) mass is 298 g/mol. The minimum Gasteiger partial charge on any atom is -0.481 e. The Morgan fingerprint density at radius 1 is 0.952 bits per heavy atom. The Kier molecular flexibility index (Phi) is 5.85. The second-order valence-electron chi connectivity index (χ2n) is 6.08. The average molecular weight is 298 g/mol. The first-order valence-corrected chi connectivity index (χ1v) is 8.03. The number of likely N-dealkylation sites (tertiary alicyclic amines) is 2. The Hall–Kier alpha value is -1.30. The van der Waals surface area contributed by atoms with Gasteiger partial charge in [-0.05, 0) is 44.9 Å². The van der Waals surface area contributed by atoms with Gasteiger partial charge in [-0.1, -0.05) is 0 Å². The van der Waals surface area contributed by atoms with E-state index >= 15 is 0 Å². The molecule has 120 valence electrons. The number of carboxylic acids is 1. The van der Waals surface area contributed by atoms with Crippen LogP contribution in [-0.4, -0.2) is 63.8 Å². The van der Waals surface area contributed by atoms with Crippen LogP contribution in [0.25, 0.3) is 0 Å². The Labute approximate surface area is 125 Å². The van der Waals surface area contributed by atoms with Crippen molar-refractivity contribution in [3.8, 4) is 0 Å². The van der Waals surface area contributed by atoms with E-state index in [-0.39, 0.29) is 31.1 Å². The van der Waals surface area contributed by atoms with Gasteiger partial charge in [-0.15, -0.1) is 0 Å². The van der Waals surface area contributed by atoms with Crippen molar-refractivity contribution in [2.24, 2.45) is 0 Å². The maximum absolute atomic E-state index is 12.8. The predicted octanol–water partition coefficient (Wildman–Crippen LogP) is 1.67. The molecule has 2 unspecified atom stereocenters. The number of hydrogen-bond acceptors (Lipinski definition) is 3. The Balaban J connectivity index is 2.01. The molecule has 0 aromatic heterocycles. The molecule has 2 amide bonds. The van der Waals surface area contributed by atoms with Gasteiger partial charge in [0.15, 0.2) is 0 Å². The molecule has 0 spiro atoms. The average Bonchev–Trinajstić information content (AvgIpc) is 2.52. The third kappa shape index (κ3) is 4.09. The number of aliphatic hydroxyl groups is 1. The number of carbonyl (C=O) groups is 2. The highest BCUT2D eigenvalue weighted by atomic mass is 16.4. The summed E-state index contributed by atoms with van der Waals surface area (Å²) in [4.78, 5) is 27.2. The van der Waals surface area contributed by atoms with Crippen LogP contribution in [0, 0.1) is 0 Å². The highest BCUT2D eigenvalue weighted by Gasteiger charge is 2.34. The summed E-state index contributed by atoms with van der Waals surface area (Å²) in [5.74, 6) is -0.806. The van der Waals surface area contributed by atoms with E-state index in [0.29, 0.717) is 19.5 Å². The molecule has 2 saturated heterocycles. The van der Waals surface area contributed by atoms with Crippen LogP contribution in [0.4, 0.5) is 4.79 Å². The molecule has 21 heavy (non-hydrogen) atoms. The molecule has 0 aromatic rings. The highest BCUT2D eigenvalue weighted by molar-refractivity contribution is 5.75. The lowest BCUT2D eigenvalue weighted by Crippen LogP contribution is -2.55. The number of nitrogens with zero attached hydrogens (tertiary/aromatic N) is 2. The van der Waals surface area contributed by atoms with Crippen molar-refractivity contribution in [2.75, 3.05) is 19.7 Å². The quantitative estimate of drug-likeness (QED) is 0.827. The van der Waals surface area contributed by atoms with Gasteiger partial charge in [0, 0.05) is 25.6 Å². The third-order valence-corrected chi connectivity index (χ3v) is 4.65. The van der Waals surface area contributed by atoms with Gasteiger partial charge >= 0.3 is 12.0 Å². The van der Waals surface area contributed by atoms with Gasteiger partial charge in [0.25, 0.3) is 0 Å². The lowest BCUT2D eigenvalue weighted by atomic mass is 9.97. The summed E-state index contributed by atoms with van der Waals surface area (Å²) < 4.78 is 0. The molecule has 2 aliphatic heterocycles. The van der Waals surface area contributed by atoms with Gasteiger partial charge in [0.05, 0.1) is 12.6 Å². The summed E-state index contributed by atoms with van der Waals surface area (Å²) in [6.07, 6.45) is 6.45. The van der Waals surface area contributed by atoms with E-state index < -0.39 is 5.97 Å². The molecule has 6 heteroatoms. The zero-order valence-corrected chi connectivity index (χ0v) is 12.5. The van der Waals surface area contributed by atoms with Crippen LogP contribution in [0.5, 0.6) is 0 Å². The highest BCUT2D eigenvalue weighted by Crippen LogP contribution is 2.25. The van der Waals surface area contributed by atoms with Gasteiger partial charge in [-0.3, -0.25) is 4.79 Å². The minimum atomic E-state index is -0.806. The summed E-state index contributed by atoms with van der Waals surface area (Å²) in [5, 5.41) is 18.3. The van der Waals surface area contributed by atoms with Gasteiger partial charge in [0.1, 0.15) is 0 Å². The Bertz CT molecular complexity index is 375. The first-order chi connectivity index (χ1) is 10.1. The molecule has 0 aliphatic carbocycles. The molecule has 2 N–H and O–H groups in total. The minimum absolute atomic E-state index is 0.0103. The molecule has 2 atom stereocenters. The number of rotatable bonds is 4. The predicted molar refractivity (Wildman–Crippen MR) is 78.0 cm³/mol. The molecule has 0 bridgehead atoms. The van der Waals surface area contributed by atoms with Crippen molar-refractivity contribution in [3.05, 3.63) is 0 Å². The standard InChI is InChI=1S/C15H26N2O4/c18-11-13-6-2-4-10-17(13)15(21)16-9-3-1-5-12(16)7-8-14(19)20/h12-13,18H,1-11H2,(H,19,20). The number of carboxylic acid groups (broad SMARTS) is 1. The lowest BCUT2D eigenvalue weighted by molar-refractivity contribution is -0.137. The number of amides is 2. The third-order valence-electron chi connectivity index (χ3n) is 4.65. The molecule has 2 rings (SSSR count). The fourth-order valence-electron chi connectivity index (χ4n) is 3.45. The maximum Gasteiger partial charge on any atom is 0.320 e. The number of aliphatic carboxylic acids is 1. The molecule has 0 aromatic carbocycles. The number of urea groups is 1. The molecular weight excluding hydrogens is 272 g/mol. The Morgan fingerprint density at radius 3 is 2.10 bits per heavy atom. The van der Waals surface area contributed by atoms with Crippen LogP contribution in [-0.2, 0) is 4.79 Å². The molecule has 6 nitrogen and oxygen atoms in total. The van der Waals surface area contributed by atoms with E-state index in [1.807, 2.05) is 4.90 Å². The van der Waals surface area contributed by atoms with Crippen molar-refractivity contribution in [3.63, 3.8) is 0 Å². The zero-order valence-electron chi connectivity index (χ0n) is 12.5. The number of carbonyl (C=O) groups excluding carboxylic acids is 1. The van der Waals surface area contributed by atoms with Crippen LogP contribution >= 0.6 is 0 Å². The number of aliphatic hydroxyl groups excluding tert-OH is 1. The second kappa shape index (κ2) is 7.64. The zero-order chi connectivity index (χ0) is 15.2. The first-order valence-electron chi connectivity index (χ1n) is 8.03. The molecule has 2 heterocycles. The number of piperidine rings is 2. The fourth-order valence-corrected chi connectivity index (χ4v) is 3.45. The summed E-state index contributed by atoms with van der Waals surface area (Å²) >= 11 is 0. The van der Waals surface area contributed by atoms with E-state index in [2.05, 4.69) is 0 Å². The van der Waals surface area contributed by atoms with E-state index in [1.165, 1.54) is 0 Å². The van der Waals surface area contributed by atoms with Gasteiger partial charge in [0.2, 0.25) is 0 Å². The molecule has 0 radical (unpaired) electrons. The van der Waals surface area contributed by atoms with E-state index in [0.717, 1.165) is 38.5 Å². The Morgan fingerprint density at radius 2 is 1.52 bits per heavy atom. The summed E-state index contributed by atoms with van der Waals surface area (Å²) in [7, 11) is 0. The topological polar surface area (TPSA) is 81.1 Å². The van der Waals surface area contributed by atoms with Crippen LogP contribution in [0.2, 0.25) is 0 Å². The van der Waals surface area contributed by atoms with Crippen LogP contribution in [0.3, 0.4) is 0 Å². The summed E-state index contributed by atoms with van der Waals surface area (Å²) in [6.45, 7) is 1.42. The van der Waals surface area contributed by atoms with Crippen molar-refractivity contribution < 1.29 is 19.8 Å². The van der Waals surface area contributed by atoms with E-state index in [4.69, 9.17) is 5.11 Å². The maximum atomic E-state index is 12.8. The van der Waals surface area contributed by atoms with E-state index in [9.17, 15) is 14.7 Å². The summed E-state index contributed by atoms with van der Waals surface area (Å²) in [6, 6.07) is -0.0549. The van der Waals surface area contributed by atoms with Crippen LogP contribution < -0.4 is 0 Å². The second-order valence-corrected chi connectivity index (χ2v) is 6.08. The van der Waals surface area contributed by atoms with Gasteiger partial charge in [-0.25, -0.2) is 4.79 Å².